The molecule has 0 amide bonds. The summed E-state index contributed by atoms with van der Waals surface area (Å²) in [5.74, 6) is 0.634. The Morgan fingerprint density at radius 1 is 1.30 bits per heavy atom. The summed E-state index contributed by atoms with van der Waals surface area (Å²) in [6.45, 7) is 3.60. The third-order valence-corrected chi connectivity index (χ3v) is 5.65. The normalized spacial score (nSPS) is 12.0. The van der Waals surface area contributed by atoms with E-state index in [9.17, 15) is 8.42 Å². The molecule has 0 bridgehead atoms. The van der Waals surface area contributed by atoms with Crippen molar-refractivity contribution in [3.63, 3.8) is 0 Å². The minimum atomic E-state index is -3.74. The predicted molar refractivity (Wildman–Crippen MR) is 87.4 cm³/mol. The summed E-state index contributed by atoms with van der Waals surface area (Å²) in [7, 11) is -2.19. The number of rotatable bonds is 5. The number of nitrogens with one attached hydrogen (secondary N) is 1. The molecule has 2 heterocycles. The molecule has 0 spiro atoms. The lowest BCUT2D eigenvalue weighted by molar-refractivity contribution is 0.409. The number of sulfonamides is 1. The van der Waals surface area contributed by atoms with Crippen molar-refractivity contribution in [2.45, 2.75) is 25.4 Å². The van der Waals surface area contributed by atoms with Crippen molar-refractivity contribution in [2.24, 2.45) is 0 Å². The maximum absolute atomic E-state index is 12.7. The van der Waals surface area contributed by atoms with Crippen molar-refractivity contribution >= 4 is 26.3 Å². The molecule has 122 valence electrons. The molecule has 0 saturated heterocycles. The maximum atomic E-state index is 12.7. The van der Waals surface area contributed by atoms with Gasteiger partial charge in [0.25, 0.3) is 10.0 Å². The van der Waals surface area contributed by atoms with Crippen LogP contribution in [0.3, 0.4) is 0 Å². The number of para-hydroxylation sites is 1. The van der Waals surface area contributed by atoms with Gasteiger partial charge in [0.2, 0.25) is 4.96 Å². The van der Waals surface area contributed by atoms with Gasteiger partial charge in [-0.15, -0.1) is 0 Å². The number of aryl methyl sites for hydroxylation is 2. The van der Waals surface area contributed by atoms with E-state index in [0.29, 0.717) is 16.4 Å². The standard InChI is InChI=1S/C14H16N4O3S2/c1-9-13(18-14(16-9)22-10(2)17-18)23(19,20)15-8-11-6-4-5-7-12(11)21-3/h4-7,15H,8H2,1-3H3. The number of aromatic nitrogens is 3. The second-order valence-electron chi connectivity index (χ2n) is 4.95. The number of nitrogens with zero attached hydrogens (tertiary/aromatic N) is 3. The lowest BCUT2D eigenvalue weighted by atomic mass is 10.2. The zero-order valence-corrected chi connectivity index (χ0v) is 14.5. The van der Waals surface area contributed by atoms with Gasteiger partial charge in [-0.3, -0.25) is 0 Å². The highest BCUT2D eigenvalue weighted by atomic mass is 32.2. The number of fused-ring (bicyclic) bond motifs is 1. The highest BCUT2D eigenvalue weighted by Crippen LogP contribution is 2.22. The van der Waals surface area contributed by atoms with Crippen LogP contribution < -0.4 is 9.46 Å². The van der Waals surface area contributed by atoms with Gasteiger partial charge in [-0.05, 0) is 19.9 Å². The molecule has 3 rings (SSSR count). The van der Waals surface area contributed by atoms with E-state index in [-0.39, 0.29) is 11.6 Å². The van der Waals surface area contributed by atoms with Crippen molar-refractivity contribution in [1.82, 2.24) is 19.3 Å². The highest BCUT2D eigenvalue weighted by Gasteiger charge is 2.25. The first-order valence-electron chi connectivity index (χ1n) is 6.86. The molecule has 2 aromatic heterocycles. The number of hydrogen-bond donors (Lipinski definition) is 1. The maximum Gasteiger partial charge on any atom is 0.260 e. The van der Waals surface area contributed by atoms with Crippen LogP contribution in [0.2, 0.25) is 0 Å². The number of hydrogen-bond acceptors (Lipinski definition) is 6. The molecule has 9 heteroatoms. The average Bonchev–Trinajstić information content (AvgIpc) is 2.99. The Labute approximate surface area is 138 Å². The fraction of sp³-hybridized carbons (Fsp3) is 0.286. The largest absolute Gasteiger partial charge is 0.496 e. The number of benzene rings is 1. The SMILES string of the molecule is COc1ccccc1CNS(=O)(=O)c1c(C)nc2sc(C)nn12. The van der Waals surface area contributed by atoms with Crippen molar-refractivity contribution in [2.75, 3.05) is 7.11 Å². The molecule has 7 nitrogen and oxygen atoms in total. The topological polar surface area (TPSA) is 85.6 Å². The Hall–Kier alpha value is -1.97. The van der Waals surface area contributed by atoms with Gasteiger partial charge in [0.05, 0.1) is 12.8 Å². The summed E-state index contributed by atoms with van der Waals surface area (Å²) in [5.41, 5.74) is 1.18. The van der Waals surface area contributed by atoms with Crippen LogP contribution in [0.4, 0.5) is 0 Å². The fourth-order valence-electron chi connectivity index (χ4n) is 2.32. The summed E-state index contributed by atoms with van der Waals surface area (Å²) in [4.78, 5) is 4.83. The monoisotopic (exact) mass is 352 g/mol. The van der Waals surface area contributed by atoms with Gasteiger partial charge in [-0.1, -0.05) is 29.5 Å². The minimum absolute atomic E-state index is 0.0757. The van der Waals surface area contributed by atoms with E-state index >= 15 is 0 Å². The van der Waals surface area contributed by atoms with Crippen molar-refractivity contribution in [3.8, 4) is 5.75 Å². The minimum Gasteiger partial charge on any atom is -0.496 e. The third kappa shape index (κ3) is 2.94. The second kappa shape index (κ2) is 5.91. The summed E-state index contributed by atoms with van der Waals surface area (Å²) in [5, 5.41) is 5.05. The molecule has 0 unspecified atom stereocenters. The first-order valence-corrected chi connectivity index (χ1v) is 9.16. The highest BCUT2D eigenvalue weighted by molar-refractivity contribution is 7.89. The molecule has 0 radical (unpaired) electrons. The van der Waals surface area contributed by atoms with Crippen LogP contribution in [0.5, 0.6) is 5.75 Å². The summed E-state index contributed by atoms with van der Waals surface area (Å²) < 4.78 is 34.5. The number of methoxy groups -OCH3 is 1. The summed E-state index contributed by atoms with van der Waals surface area (Å²) in [6.07, 6.45) is 0. The van der Waals surface area contributed by atoms with Gasteiger partial charge in [0, 0.05) is 12.1 Å². The van der Waals surface area contributed by atoms with Crippen LogP contribution in [0.15, 0.2) is 29.3 Å². The van der Waals surface area contributed by atoms with Gasteiger partial charge in [-0.25, -0.2) is 18.1 Å². The van der Waals surface area contributed by atoms with Gasteiger partial charge in [0.1, 0.15) is 10.8 Å². The van der Waals surface area contributed by atoms with Crippen LogP contribution in [-0.4, -0.2) is 30.1 Å². The predicted octanol–water partition coefficient (Wildman–Crippen LogP) is 1.89. The Morgan fingerprint density at radius 2 is 2.04 bits per heavy atom. The zero-order chi connectivity index (χ0) is 16.6. The van der Waals surface area contributed by atoms with Gasteiger partial charge >= 0.3 is 0 Å². The summed E-state index contributed by atoms with van der Waals surface area (Å²) >= 11 is 1.35. The molecular weight excluding hydrogens is 336 g/mol. The van der Waals surface area contributed by atoms with E-state index in [2.05, 4.69) is 14.8 Å². The molecule has 1 aromatic carbocycles. The Kier molecular flexibility index (Phi) is 4.09. The quantitative estimate of drug-likeness (QED) is 0.758. The zero-order valence-electron chi connectivity index (χ0n) is 12.9. The lowest BCUT2D eigenvalue weighted by Gasteiger charge is -2.10. The fourth-order valence-corrected chi connectivity index (χ4v) is 4.44. The van der Waals surface area contributed by atoms with E-state index in [0.717, 1.165) is 10.6 Å². The summed E-state index contributed by atoms with van der Waals surface area (Å²) in [6, 6.07) is 7.26. The van der Waals surface area contributed by atoms with Crippen LogP contribution in [0, 0.1) is 13.8 Å². The van der Waals surface area contributed by atoms with E-state index in [1.807, 2.05) is 25.1 Å². The van der Waals surface area contributed by atoms with Crippen LogP contribution in [0.1, 0.15) is 16.3 Å². The average molecular weight is 352 g/mol. The van der Waals surface area contributed by atoms with E-state index in [1.54, 1.807) is 20.1 Å². The Bertz CT molecular complexity index is 960. The molecule has 0 saturated carbocycles. The van der Waals surface area contributed by atoms with Crippen LogP contribution in [0.25, 0.3) is 4.96 Å². The molecule has 0 aliphatic heterocycles. The van der Waals surface area contributed by atoms with Crippen LogP contribution >= 0.6 is 11.3 Å². The van der Waals surface area contributed by atoms with Crippen molar-refractivity contribution in [3.05, 3.63) is 40.5 Å². The number of imidazole rings is 1. The lowest BCUT2D eigenvalue weighted by Crippen LogP contribution is -2.25. The van der Waals surface area contributed by atoms with Crippen molar-refractivity contribution in [1.29, 1.82) is 0 Å². The molecule has 3 aromatic rings. The molecule has 0 aliphatic rings. The van der Waals surface area contributed by atoms with Gasteiger partial charge in [0.15, 0.2) is 5.03 Å². The first-order chi connectivity index (χ1) is 10.9. The molecule has 23 heavy (non-hydrogen) atoms. The van der Waals surface area contributed by atoms with Gasteiger partial charge < -0.3 is 4.74 Å². The van der Waals surface area contributed by atoms with E-state index in [1.165, 1.54) is 15.9 Å². The molecule has 1 N–H and O–H groups in total. The molecule has 0 atom stereocenters. The number of ether oxygens (including phenoxy) is 1. The Morgan fingerprint density at radius 3 is 2.78 bits per heavy atom. The third-order valence-electron chi connectivity index (χ3n) is 3.33. The molecular formula is C14H16N4O3S2. The van der Waals surface area contributed by atoms with Crippen LogP contribution in [-0.2, 0) is 16.6 Å². The Balaban J connectivity index is 1.93. The first kappa shape index (κ1) is 15.9. The van der Waals surface area contributed by atoms with E-state index < -0.39 is 10.0 Å². The molecule has 0 aliphatic carbocycles. The molecule has 0 fully saturated rings. The van der Waals surface area contributed by atoms with Crippen molar-refractivity contribution < 1.29 is 13.2 Å². The van der Waals surface area contributed by atoms with E-state index in [4.69, 9.17) is 4.74 Å². The van der Waals surface area contributed by atoms with Gasteiger partial charge in [-0.2, -0.15) is 9.61 Å². The smallest absolute Gasteiger partial charge is 0.260 e. The second-order valence-corrected chi connectivity index (χ2v) is 7.80.